The van der Waals surface area contributed by atoms with Gasteiger partial charge in [-0.2, -0.15) is 5.10 Å². The van der Waals surface area contributed by atoms with Gasteiger partial charge in [0.05, 0.1) is 13.2 Å². The second-order valence-electron chi connectivity index (χ2n) is 8.30. The van der Waals surface area contributed by atoms with E-state index in [1.54, 1.807) is 0 Å². The van der Waals surface area contributed by atoms with Gasteiger partial charge in [-0.05, 0) is 42.0 Å². The average Bonchev–Trinajstić information content (AvgIpc) is 2.74. The monoisotopic (exact) mass is 393 g/mol. The Kier molecular flexibility index (Phi) is 7.18. The van der Waals surface area contributed by atoms with E-state index < -0.39 is 0 Å². The van der Waals surface area contributed by atoms with Gasteiger partial charge >= 0.3 is 0 Å². The number of nitrogens with zero attached hydrogens (tertiary/aromatic N) is 2. The molecule has 1 aliphatic heterocycles. The van der Waals surface area contributed by atoms with Crippen LogP contribution in [0.4, 0.5) is 0 Å². The van der Waals surface area contributed by atoms with Crippen LogP contribution in [0.25, 0.3) is 0 Å². The van der Waals surface area contributed by atoms with E-state index in [9.17, 15) is 4.79 Å². The van der Waals surface area contributed by atoms with Crippen molar-refractivity contribution < 1.29 is 9.53 Å². The van der Waals surface area contributed by atoms with Crippen molar-refractivity contribution >= 4 is 11.6 Å². The zero-order chi connectivity index (χ0) is 20.7. The van der Waals surface area contributed by atoms with Gasteiger partial charge in [0.2, 0.25) is 0 Å². The lowest BCUT2D eigenvalue weighted by Crippen LogP contribution is -2.35. The van der Waals surface area contributed by atoms with E-state index in [0.29, 0.717) is 5.56 Å². The summed E-state index contributed by atoms with van der Waals surface area (Å²) >= 11 is 0. The molecule has 1 saturated heterocycles. The molecule has 0 atom stereocenters. The van der Waals surface area contributed by atoms with Gasteiger partial charge in [0.25, 0.3) is 5.91 Å². The molecule has 3 rings (SSSR count). The van der Waals surface area contributed by atoms with Crippen molar-refractivity contribution in [2.75, 3.05) is 26.3 Å². The summed E-state index contributed by atoms with van der Waals surface area (Å²) in [6.07, 6.45) is 0.774. The number of morpholine rings is 1. The molecule has 0 saturated carbocycles. The van der Waals surface area contributed by atoms with E-state index >= 15 is 0 Å². The van der Waals surface area contributed by atoms with Crippen LogP contribution in [0.1, 0.15) is 48.7 Å². The topological polar surface area (TPSA) is 53.9 Å². The first-order valence-electron chi connectivity index (χ1n) is 10.2. The lowest BCUT2D eigenvalue weighted by Gasteiger charge is -2.26. The van der Waals surface area contributed by atoms with Gasteiger partial charge in [-0.3, -0.25) is 9.69 Å². The van der Waals surface area contributed by atoms with Gasteiger partial charge < -0.3 is 4.74 Å². The van der Waals surface area contributed by atoms with Crippen LogP contribution in [0, 0.1) is 0 Å². The molecule has 0 radical (unpaired) electrons. The first-order chi connectivity index (χ1) is 13.9. The molecule has 1 amide bonds. The van der Waals surface area contributed by atoms with Gasteiger partial charge in [0.1, 0.15) is 0 Å². The van der Waals surface area contributed by atoms with Crippen molar-refractivity contribution in [1.82, 2.24) is 10.3 Å². The predicted octanol–water partition coefficient (Wildman–Crippen LogP) is 3.99. The van der Waals surface area contributed by atoms with E-state index in [4.69, 9.17) is 4.74 Å². The number of amides is 1. The quantitative estimate of drug-likeness (QED) is 0.572. The third-order valence-corrected chi connectivity index (χ3v) is 5.33. The molecule has 5 nitrogen and oxygen atoms in total. The Morgan fingerprint density at radius 3 is 2.38 bits per heavy atom. The highest BCUT2D eigenvalue weighted by Gasteiger charge is 2.21. The van der Waals surface area contributed by atoms with Crippen LogP contribution >= 0.6 is 0 Å². The normalized spacial score (nSPS) is 15.9. The molecule has 5 heteroatoms. The number of hydrogen-bond acceptors (Lipinski definition) is 4. The Labute approximate surface area is 173 Å². The summed E-state index contributed by atoms with van der Waals surface area (Å²) in [6, 6.07) is 18.1. The molecule has 1 fully saturated rings. The minimum atomic E-state index is -0.181. The van der Waals surface area contributed by atoms with Gasteiger partial charge in [0, 0.05) is 30.9 Å². The zero-order valence-corrected chi connectivity index (χ0v) is 17.6. The molecule has 29 heavy (non-hydrogen) atoms. The molecular formula is C24H31N3O2. The van der Waals surface area contributed by atoms with Crippen molar-refractivity contribution in [3.05, 3.63) is 71.3 Å². The van der Waals surface area contributed by atoms with Crippen molar-refractivity contribution in [1.29, 1.82) is 0 Å². The van der Waals surface area contributed by atoms with Crippen LogP contribution in [-0.4, -0.2) is 42.8 Å². The molecule has 1 aliphatic rings. The highest BCUT2D eigenvalue weighted by atomic mass is 16.5. The van der Waals surface area contributed by atoms with Crippen LogP contribution in [0.2, 0.25) is 0 Å². The van der Waals surface area contributed by atoms with Crippen LogP contribution in [0.3, 0.4) is 0 Å². The first kappa shape index (κ1) is 21.2. The summed E-state index contributed by atoms with van der Waals surface area (Å²) in [6.45, 7) is 10.7. The minimum Gasteiger partial charge on any atom is -0.379 e. The second kappa shape index (κ2) is 9.81. The summed E-state index contributed by atoms with van der Waals surface area (Å²) in [5.41, 5.74) is 6.64. The molecule has 0 bridgehead atoms. The molecule has 2 aromatic carbocycles. The van der Waals surface area contributed by atoms with Gasteiger partial charge in [-0.1, -0.05) is 56.3 Å². The van der Waals surface area contributed by atoms with E-state index in [2.05, 4.69) is 41.4 Å². The molecule has 0 spiro atoms. The standard InChI is InChI=1S/C24H31N3O2/c1-19(17-24(2,3)22-7-5-4-6-8-22)25-26-23(28)21-11-9-20(10-12-21)18-27-13-15-29-16-14-27/h4-12H,13-18H2,1-3H3,(H,26,28). The number of carbonyl (C=O) groups excluding carboxylic acids is 1. The van der Waals surface area contributed by atoms with E-state index in [0.717, 1.165) is 45.0 Å². The fourth-order valence-electron chi connectivity index (χ4n) is 3.66. The summed E-state index contributed by atoms with van der Waals surface area (Å²) in [7, 11) is 0. The Morgan fingerprint density at radius 1 is 1.07 bits per heavy atom. The second-order valence-corrected chi connectivity index (χ2v) is 8.30. The van der Waals surface area contributed by atoms with Crippen LogP contribution < -0.4 is 5.43 Å². The lowest BCUT2D eigenvalue weighted by molar-refractivity contribution is 0.0342. The van der Waals surface area contributed by atoms with Crippen molar-refractivity contribution in [3.63, 3.8) is 0 Å². The summed E-state index contributed by atoms with van der Waals surface area (Å²) in [5.74, 6) is -0.181. The van der Waals surface area contributed by atoms with Gasteiger partial charge in [0.15, 0.2) is 0 Å². The first-order valence-corrected chi connectivity index (χ1v) is 10.2. The number of carbonyl (C=O) groups is 1. The van der Waals surface area contributed by atoms with Gasteiger partial charge in [-0.25, -0.2) is 5.43 Å². The minimum absolute atomic E-state index is 0.0410. The fourth-order valence-corrected chi connectivity index (χ4v) is 3.66. The summed E-state index contributed by atoms with van der Waals surface area (Å²) in [5, 5.41) is 4.32. The molecule has 0 unspecified atom stereocenters. The van der Waals surface area contributed by atoms with E-state index in [1.807, 2.05) is 49.4 Å². The Bertz CT molecular complexity index is 823. The number of nitrogens with one attached hydrogen (secondary N) is 1. The van der Waals surface area contributed by atoms with Crippen molar-refractivity contribution in [2.24, 2.45) is 5.10 Å². The SMILES string of the molecule is CC(CC(C)(C)c1ccccc1)=NNC(=O)c1ccc(CN2CCOCC2)cc1. The van der Waals surface area contributed by atoms with E-state index in [-0.39, 0.29) is 11.3 Å². The molecule has 1 heterocycles. The Morgan fingerprint density at radius 2 is 1.72 bits per heavy atom. The van der Waals surface area contributed by atoms with Crippen molar-refractivity contribution in [3.8, 4) is 0 Å². The lowest BCUT2D eigenvalue weighted by atomic mass is 9.80. The molecule has 0 aromatic heterocycles. The molecular weight excluding hydrogens is 362 g/mol. The number of benzene rings is 2. The third-order valence-electron chi connectivity index (χ3n) is 5.33. The molecule has 0 aliphatic carbocycles. The van der Waals surface area contributed by atoms with Crippen LogP contribution in [0.5, 0.6) is 0 Å². The largest absolute Gasteiger partial charge is 0.379 e. The molecule has 2 aromatic rings. The maximum absolute atomic E-state index is 12.4. The molecule has 154 valence electrons. The van der Waals surface area contributed by atoms with Gasteiger partial charge in [-0.15, -0.1) is 0 Å². The average molecular weight is 394 g/mol. The summed E-state index contributed by atoms with van der Waals surface area (Å²) in [4.78, 5) is 14.8. The number of hydrogen-bond donors (Lipinski definition) is 1. The van der Waals surface area contributed by atoms with E-state index in [1.165, 1.54) is 11.1 Å². The third kappa shape index (κ3) is 6.24. The highest BCUT2D eigenvalue weighted by molar-refractivity contribution is 5.95. The molecule has 1 N–H and O–H groups in total. The smallest absolute Gasteiger partial charge is 0.271 e. The predicted molar refractivity (Wildman–Crippen MR) is 117 cm³/mol. The number of ether oxygens (including phenoxy) is 1. The van der Waals surface area contributed by atoms with Crippen LogP contribution in [0.15, 0.2) is 59.7 Å². The highest BCUT2D eigenvalue weighted by Crippen LogP contribution is 2.27. The maximum atomic E-state index is 12.4. The number of rotatable bonds is 7. The fraction of sp³-hybridized carbons (Fsp3) is 0.417. The van der Waals surface area contributed by atoms with Crippen molar-refractivity contribution in [2.45, 2.75) is 39.2 Å². The zero-order valence-electron chi connectivity index (χ0n) is 17.6. The Balaban J connectivity index is 1.54. The summed E-state index contributed by atoms with van der Waals surface area (Å²) < 4.78 is 5.38. The Hall–Kier alpha value is -2.50. The maximum Gasteiger partial charge on any atom is 0.271 e. The van der Waals surface area contributed by atoms with Crippen LogP contribution in [-0.2, 0) is 16.7 Å². The number of hydrazone groups is 1.